The van der Waals surface area contributed by atoms with Crippen LogP contribution in [-0.2, 0) is 0 Å². The van der Waals surface area contributed by atoms with Crippen LogP contribution < -0.4 is 14.8 Å². The maximum Gasteiger partial charge on any atom is 0.255 e. The first-order valence-electron chi connectivity index (χ1n) is 6.62. The van der Waals surface area contributed by atoms with Crippen molar-refractivity contribution in [3.63, 3.8) is 0 Å². The summed E-state index contributed by atoms with van der Waals surface area (Å²) in [5, 5.41) is 3.13. The van der Waals surface area contributed by atoms with Crippen LogP contribution in [0.15, 0.2) is 40.9 Å². The minimum atomic E-state index is -0.271. The summed E-state index contributed by atoms with van der Waals surface area (Å²) in [6.07, 6.45) is 0. The van der Waals surface area contributed by atoms with Crippen molar-refractivity contribution >= 4 is 39.1 Å². The smallest absolute Gasteiger partial charge is 0.255 e. The van der Waals surface area contributed by atoms with Crippen molar-refractivity contribution in [3.05, 3.63) is 51.5 Å². The van der Waals surface area contributed by atoms with Gasteiger partial charge in [-0.15, -0.1) is 0 Å². The van der Waals surface area contributed by atoms with Gasteiger partial charge in [0.25, 0.3) is 5.91 Å². The lowest BCUT2D eigenvalue weighted by Crippen LogP contribution is -2.12. The van der Waals surface area contributed by atoms with Gasteiger partial charge in [0.15, 0.2) is 11.5 Å². The van der Waals surface area contributed by atoms with Gasteiger partial charge in [0.05, 0.1) is 18.7 Å². The van der Waals surface area contributed by atoms with Crippen molar-refractivity contribution in [1.82, 2.24) is 0 Å². The van der Waals surface area contributed by atoms with E-state index in [2.05, 4.69) is 21.2 Å². The van der Waals surface area contributed by atoms with Gasteiger partial charge in [0, 0.05) is 15.7 Å². The number of methoxy groups -OCH3 is 1. The van der Waals surface area contributed by atoms with E-state index in [1.807, 2.05) is 19.1 Å². The normalized spacial score (nSPS) is 10.2. The van der Waals surface area contributed by atoms with Gasteiger partial charge in [-0.3, -0.25) is 4.79 Å². The van der Waals surface area contributed by atoms with Crippen molar-refractivity contribution in [3.8, 4) is 11.5 Å². The van der Waals surface area contributed by atoms with Crippen molar-refractivity contribution in [2.24, 2.45) is 0 Å². The highest BCUT2D eigenvalue weighted by Crippen LogP contribution is 2.36. The fraction of sp³-hybridized carbons (Fsp3) is 0.188. The Morgan fingerprint density at radius 3 is 2.55 bits per heavy atom. The third-order valence-electron chi connectivity index (χ3n) is 2.88. The molecule has 0 aliphatic carbocycles. The van der Waals surface area contributed by atoms with Crippen molar-refractivity contribution in [2.45, 2.75) is 6.92 Å². The van der Waals surface area contributed by atoms with Crippen LogP contribution in [0, 0.1) is 0 Å². The molecule has 0 radical (unpaired) electrons. The molecule has 0 saturated carbocycles. The number of carbonyl (C=O) groups is 1. The number of halogens is 2. The maximum atomic E-state index is 12.3. The van der Waals surface area contributed by atoms with Gasteiger partial charge in [-0.05, 0) is 43.3 Å². The summed E-state index contributed by atoms with van der Waals surface area (Å²) >= 11 is 9.50. The first-order chi connectivity index (χ1) is 10.5. The van der Waals surface area contributed by atoms with Gasteiger partial charge in [-0.25, -0.2) is 0 Å². The summed E-state index contributed by atoms with van der Waals surface area (Å²) < 4.78 is 11.6. The minimum Gasteiger partial charge on any atom is -0.491 e. The number of nitrogens with one attached hydrogen (secondary N) is 1. The molecular formula is C16H15BrClNO3. The van der Waals surface area contributed by atoms with Crippen LogP contribution in [0.25, 0.3) is 0 Å². The van der Waals surface area contributed by atoms with Crippen LogP contribution in [0.4, 0.5) is 5.69 Å². The van der Waals surface area contributed by atoms with Crippen molar-refractivity contribution < 1.29 is 14.3 Å². The van der Waals surface area contributed by atoms with Crippen LogP contribution >= 0.6 is 27.5 Å². The molecule has 0 unspecified atom stereocenters. The number of carbonyl (C=O) groups excluding carboxylic acids is 1. The number of rotatable bonds is 5. The van der Waals surface area contributed by atoms with Gasteiger partial charge >= 0.3 is 0 Å². The van der Waals surface area contributed by atoms with Gasteiger partial charge in [0.2, 0.25) is 0 Å². The average molecular weight is 385 g/mol. The van der Waals surface area contributed by atoms with Gasteiger partial charge in [0.1, 0.15) is 0 Å². The van der Waals surface area contributed by atoms with Crippen LogP contribution in [0.3, 0.4) is 0 Å². The largest absolute Gasteiger partial charge is 0.491 e. The second kappa shape index (κ2) is 7.51. The molecule has 1 N–H and O–H groups in total. The summed E-state index contributed by atoms with van der Waals surface area (Å²) in [4.78, 5) is 12.3. The van der Waals surface area contributed by atoms with Crippen LogP contribution in [0.2, 0.25) is 5.02 Å². The molecule has 0 spiro atoms. The van der Waals surface area contributed by atoms with E-state index in [1.54, 1.807) is 24.3 Å². The third-order valence-corrected chi connectivity index (χ3v) is 3.69. The van der Waals surface area contributed by atoms with E-state index < -0.39 is 0 Å². The highest BCUT2D eigenvalue weighted by atomic mass is 79.9. The number of ether oxygens (including phenoxy) is 2. The minimum absolute atomic E-state index is 0.271. The third kappa shape index (κ3) is 3.93. The van der Waals surface area contributed by atoms with Gasteiger partial charge in [-0.1, -0.05) is 27.5 Å². The topological polar surface area (TPSA) is 47.6 Å². The predicted molar refractivity (Wildman–Crippen MR) is 91.3 cm³/mol. The summed E-state index contributed by atoms with van der Waals surface area (Å²) in [5.74, 6) is 0.593. The molecule has 0 atom stereocenters. The molecule has 2 aromatic rings. The zero-order valence-electron chi connectivity index (χ0n) is 12.2. The zero-order chi connectivity index (χ0) is 16.1. The zero-order valence-corrected chi connectivity index (χ0v) is 14.5. The highest BCUT2D eigenvalue weighted by molar-refractivity contribution is 9.10. The molecule has 6 heteroatoms. The molecule has 0 saturated heterocycles. The molecule has 0 fully saturated rings. The van der Waals surface area contributed by atoms with Crippen molar-refractivity contribution in [1.29, 1.82) is 0 Å². The maximum absolute atomic E-state index is 12.3. The number of anilines is 1. The summed E-state index contributed by atoms with van der Waals surface area (Å²) in [6, 6.07) is 10.5. The van der Waals surface area contributed by atoms with Crippen LogP contribution in [-0.4, -0.2) is 19.6 Å². The monoisotopic (exact) mass is 383 g/mol. The quantitative estimate of drug-likeness (QED) is 0.808. The van der Waals surface area contributed by atoms with Gasteiger partial charge in [-0.2, -0.15) is 0 Å². The Bertz CT molecular complexity index is 674. The molecule has 0 heterocycles. The Morgan fingerprint density at radius 2 is 1.95 bits per heavy atom. The number of amides is 1. The molecule has 2 rings (SSSR count). The van der Waals surface area contributed by atoms with Crippen LogP contribution in [0.5, 0.6) is 11.5 Å². The van der Waals surface area contributed by atoms with E-state index in [-0.39, 0.29) is 5.91 Å². The molecule has 0 aliphatic rings. The number of hydrogen-bond acceptors (Lipinski definition) is 3. The first kappa shape index (κ1) is 16.6. The summed E-state index contributed by atoms with van der Waals surface area (Å²) in [5.41, 5.74) is 1.09. The highest BCUT2D eigenvalue weighted by Gasteiger charge is 2.15. The summed E-state index contributed by atoms with van der Waals surface area (Å²) in [6.45, 7) is 2.30. The molecule has 0 aliphatic heterocycles. The van der Waals surface area contributed by atoms with Crippen molar-refractivity contribution in [2.75, 3.05) is 19.0 Å². The average Bonchev–Trinajstić information content (AvgIpc) is 2.49. The van der Waals surface area contributed by atoms with E-state index in [0.717, 1.165) is 4.47 Å². The molecule has 0 bridgehead atoms. The first-order valence-corrected chi connectivity index (χ1v) is 7.79. The lowest BCUT2D eigenvalue weighted by Gasteiger charge is -2.13. The van der Waals surface area contributed by atoms with E-state index in [9.17, 15) is 4.79 Å². The Kier molecular flexibility index (Phi) is 5.69. The van der Waals surface area contributed by atoms with E-state index >= 15 is 0 Å². The molecule has 116 valence electrons. The second-order valence-corrected chi connectivity index (χ2v) is 5.71. The Balaban J connectivity index is 2.27. The fourth-order valence-electron chi connectivity index (χ4n) is 1.90. The molecular weight excluding hydrogens is 370 g/mol. The molecule has 0 aromatic heterocycles. The Labute approximate surface area is 142 Å². The number of hydrogen-bond donors (Lipinski definition) is 1. The second-order valence-electron chi connectivity index (χ2n) is 4.38. The lowest BCUT2D eigenvalue weighted by atomic mass is 10.1. The molecule has 2 aromatic carbocycles. The van der Waals surface area contributed by atoms with E-state index in [0.29, 0.717) is 34.4 Å². The van der Waals surface area contributed by atoms with Gasteiger partial charge < -0.3 is 14.8 Å². The SMILES string of the molecule is CCOc1cc(C(=O)Nc2ccc(Br)cc2)cc(Cl)c1OC. The standard InChI is InChI=1S/C16H15BrClNO3/c1-3-22-14-9-10(8-13(18)15(14)21-2)16(20)19-12-6-4-11(17)5-7-12/h4-9H,3H2,1-2H3,(H,19,20). The van der Waals surface area contributed by atoms with E-state index in [1.165, 1.54) is 7.11 Å². The molecule has 4 nitrogen and oxygen atoms in total. The van der Waals surface area contributed by atoms with Crippen LogP contribution in [0.1, 0.15) is 17.3 Å². The fourth-order valence-corrected chi connectivity index (χ4v) is 2.45. The lowest BCUT2D eigenvalue weighted by molar-refractivity contribution is 0.102. The molecule has 1 amide bonds. The van der Waals surface area contributed by atoms with E-state index in [4.69, 9.17) is 21.1 Å². The summed E-state index contributed by atoms with van der Waals surface area (Å²) in [7, 11) is 1.51. The Morgan fingerprint density at radius 1 is 1.27 bits per heavy atom. The Hall–Kier alpha value is -1.72. The number of benzene rings is 2. The molecule has 22 heavy (non-hydrogen) atoms. The predicted octanol–water partition coefficient (Wildman–Crippen LogP) is 4.76.